The van der Waals surface area contributed by atoms with Gasteiger partial charge in [-0.3, -0.25) is 0 Å². The zero-order valence-corrected chi connectivity index (χ0v) is 16.9. The van der Waals surface area contributed by atoms with Crippen molar-refractivity contribution in [3.05, 3.63) is 36.4 Å². The van der Waals surface area contributed by atoms with Crippen molar-refractivity contribution in [3.63, 3.8) is 0 Å². The fourth-order valence-electron chi connectivity index (χ4n) is 2.40. The van der Waals surface area contributed by atoms with Crippen LogP contribution in [-0.2, 0) is 26.6 Å². The molecule has 0 unspecified atom stereocenters. The van der Waals surface area contributed by atoms with E-state index in [0.717, 1.165) is 6.07 Å². The predicted octanol–water partition coefficient (Wildman–Crippen LogP) is 3.69. The van der Waals surface area contributed by atoms with Crippen molar-refractivity contribution in [1.82, 2.24) is 0 Å². The van der Waals surface area contributed by atoms with Crippen LogP contribution < -0.4 is 8.92 Å². The van der Waals surface area contributed by atoms with Gasteiger partial charge in [0.1, 0.15) is 23.9 Å². The number of ether oxygens (including phenoxy) is 2. The summed E-state index contributed by atoms with van der Waals surface area (Å²) in [6.07, 6.45) is 2.98. The summed E-state index contributed by atoms with van der Waals surface area (Å²) >= 11 is 1.69. The van der Waals surface area contributed by atoms with Crippen molar-refractivity contribution in [1.29, 1.82) is 0 Å². The summed E-state index contributed by atoms with van der Waals surface area (Å²) in [6, 6.07) is 8.69. The molecule has 2 aromatic rings. The van der Waals surface area contributed by atoms with Gasteiger partial charge in [-0.2, -0.15) is 21.6 Å². The summed E-state index contributed by atoms with van der Waals surface area (Å²) in [6.45, 7) is 0.566. The molecular weight excluding hydrogens is 417 g/mol. The standard InChI is InChI=1S/C14H13F3O5S.C4H8S/c1-20-8-9-21-12-6-7-13(11-5-3-2-4-10(11)12)22-23(18,19)14(15,16)17;1-2-4-5-3-1/h2-7H,8-9H2,1H3;1-4H2/p+1. The topological polar surface area (TPSA) is 61.8 Å². The second kappa shape index (κ2) is 10.2. The number of hydrogen-bond acceptors (Lipinski definition) is 5. The Hall–Kier alpha value is -1.65. The van der Waals surface area contributed by atoms with Crippen molar-refractivity contribution < 1.29 is 35.2 Å². The van der Waals surface area contributed by atoms with Crippen LogP contribution >= 0.6 is 0 Å². The van der Waals surface area contributed by atoms with Crippen LogP contribution in [0.2, 0.25) is 0 Å². The molecule has 1 fully saturated rings. The van der Waals surface area contributed by atoms with Crippen LogP contribution in [0.4, 0.5) is 13.2 Å². The average molecular weight is 439 g/mol. The van der Waals surface area contributed by atoms with E-state index in [4.69, 9.17) is 9.47 Å². The lowest BCUT2D eigenvalue weighted by atomic mass is 10.1. The minimum Gasteiger partial charge on any atom is -0.491 e. The number of methoxy groups -OCH3 is 1. The van der Waals surface area contributed by atoms with Gasteiger partial charge < -0.3 is 13.7 Å². The Bertz CT molecular complexity index is 858. The van der Waals surface area contributed by atoms with Gasteiger partial charge in [-0.1, -0.05) is 24.3 Å². The molecule has 10 heteroatoms. The maximum Gasteiger partial charge on any atom is 0.534 e. The lowest BCUT2D eigenvalue weighted by molar-refractivity contribution is -0.0499. The third kappa shape index (κ3) is 6.18. The van der Waals surface area contributed by atoms with Crippen molar-refractivity contribution >= 4 is 32.7 Å². The number of thiol groups is 1. The first-order valence-corrected chi connectivity index (χ1v) is 11.2. The highest BCUT2D eigenvalue weighted by Gasteiger charge is 2.48. The van der Waals surface area contributed by atoms with Crippen LogP contribution in [0.15, 0.2) is 36.4 Å². The van der Waals surface area contributed by atoms with Crippen LogP contribution in [-0.4, -0.2) is 45.8 Å². The Morgan fingerprint density at radius 2 is 1.54 bits per heavy atom. The minimum atomic E-state index is -5.74. The van der Waals surface area contributed by atoms with Gasteiger partial charge in [0.05, 0.1) is 6.61 Å². The molecule has 2 aromatic carbocycles. The molecule has 0 bridgehead atoms. The van der Waals surface area contributed by atoms with E-state index in [1.165, 1.54) is 43.6 Å². The molecule has 1 heterocycles. The van der Waals surface area contributed by atoms with E-state index >= 15 is 0 Å². The van der Waals surface area contributed by atoms with Gasteiger partial charge in [0.15, 0.2) is 5.75 Å². The number of alkyl halides is 3. The number of hydrogen-bond donors (Lipinski definition) is 0. The molecule has 0 aromatic heterocycles. The first-order chi connectivity index (χ1) is 13.3. The molecule has 0 saturated carbocycles. The van der Waals surface area contributed by atoms with E-state index < -0.39 is 21.4 Å². The zero-order chi connectivity index (χ0) is 20.6. The second-order valence-electron chi connectivity index (χ2n) is 5.81. The highest BCUT2D eigenvalue weighted by atomic mass is 32.2. The van der Waals surface area contributed by atoms with Gasteiger partial charge in [0, 0.05) is 17.9 Å². The largest absolute Gasteiger partial charge is 0.534 e. The predicted molar refractivity (Wildman–Crippen MR) is 105 cm³/mol. The van der Waals surface area contributed by atoms with E-state index in [1.807, 2.05) is 0 Å². The minimum absolute atomic E-state index is 0.190. The Balaban J connectivity index is 0.000000485. The summed E-state index contributed by atoms with van der Waals surface area (Å²) in [5, 5.41) is 0.619. The smallest absolute Gasteiger partial charge is 0.491 e. The monoisotopic (exact) mass is 439 g/mol. The zero-order valence-electron chi connectivity index (χ0n) is 15.2. The van der Waals surface area contributed by atoms with E-state index in [2.05, 4.69) is 4.18 Å². The quantitative estimate of drug-likeness (QED) is 0.226. The Morgan fingerprint density at radius 1 is 0.964 bits per heavy atom. The van der Waals surface area contributed by atoms with E-state index in [0.29, 0.717) is 17.7 Å². The first kappa shape index (κ1) is 22.6. The van der Waals surface area contributed by atoms with Gasteiger partial charge in [0.25, 0.3) is 0 Å². The lowest BCUT2D eigenvalue weighted by Crippen LogP contribution is -2.28. The molecule has 0 N–H and O–H groups in total. The molecule has 5 nitrogen and oxygen atoms in total. The van der Waals surface area contributed by atoms with Crippen LogP contribution in [0.1, 0.15) is 12.8 Å². The molecule has 28 heavy (non-hydrogen) atoms. The first-order valence-electron chi connectivity index (χ1n) is 8.54. The number of rotatable bonds is 6. The van der Waals surface area contributed by atoms with E-state index in [9.17, 15) is 21.6 Å². The summed E-state index contributed by atoms with van der Waals surface area (Å²) in [4.78, 5) is 0. The van der Waals surface area contributed by atoms with Crippen molar-refractivity contribution in [2.24, 2.45) is 0 Å². The number of halogens is 3. The molecule has 3 rings (SSSR count). The summed E-state index contributed by atoms with van der Waals surface area (Å²) in [5.41, 5.74) is -5.50. The van der Waals surface area contributed by atoms with Crippen molar-refractivity contribution in [2.45, 2.75) is 18.3 Å². The van der Waals surface area contributed by atoms with E-state index in [1.54, 1.807) is 30.0 Å². The van der Waals surface area contributed by atoms with Crippen LogP contribution in [0, 0.1) is 0 Å². The van der Waals surface area contributed by atoms with Gasteiger partial charge in [-0.05, 0) is 36.7 Å². The molecule has 0 aliphatic carbocycles. The summed E-state index contributed by atoms with van der Waals surface area (Å²) in [7, 11) is -4.24. The highest BCUT2D eigenvalue weighted by molar-refractivity contribution is 7.88. The maximum atomic E-state index is 12.5. The Labute approximate surface area is 166 Å². The molecule has 1 aliphatic rings. The van der Waals surface area contributed by atoms with Gasteiger partial charge >= 0.3 is 15.6 Å². The van der Waals surface area contributed by atoms with Crippen molar-refractivity contribution in [3.8, 4) is 11.5 Å². The summed E-state index contributed by atoms with van der Waals surface area (Å²) in [5.74, 6) is 2.91. The highest BCUT2D eigenvalue weighted by Crippen LogP contribution is 2.36. The number of fused-ring (bicyclic) bond motifs is 1. The fourth-order valence-corrected chi connectivity index (χ4v) is 4.00. The molecule has 0 atom stereocenters. The molecule has 0 radical (unpaired) electrons. The number of benzene rings is 2. The van der Waals surface area contributed by atoms with Crippen LogP contribution in [0.25, 0.3) is 10.8 Å². The normalized spacial score (nSPS) is 14.4. The summed E-state index contributed by atoms with van der Waals surface area (Å²) < 4.78 is 74.2. The van der Waals surface area contributed by atoms with Crippen molar-refractivity contribution in [2.75, 3.05) is 31.8 Å². The Kier molecular flexibility index (Phi) is 8.26. The second-order valence-corrected chi connectivity index (χ2v) is 8.69. The fraction of sp³-hybridized carbons (Fsp3) is 0.444. The molecule has 0 spiro atoms. The van der Waals surface area contributed by atoms with Gasteiger partial charge in [-0.15, -0.1) is 0 Å². The lowest BCUT2D eigenvalue weighted by Gasteiger charge is -2.14. The third-order valence-electron chi connectivity index (χ3n) is 3.75. The molecule has 156 valence electrons. The molecule has 1 aliphatic heterocycles. The SMILES string of the molecule is C1CC[SH+]C1.COCCOc1ccc(OS(=O)(=O)C(F)(F)F)c2ccccc12. The van der Waals surface area contributed by atoms with Crippen LogP contribution in [0.3, 0.4) is 0 Å². The third-order valence-corrected chi connectivity index (χ3v) is 5.99. The molecular formula is C18H22F3O5S2+. The van der Waals surface area contributed by atoms with E-state index in [-0.39, 0.29) is 12.0 Å². The average Bonchev–Trinajstić information content (AvgIpc) is 3.22. The Morgan fingerprint density at radius 3 is 2.04 bits per heavy atom. The molecule has 1 saturated heterocycles. The maximum absolute atomic E-state index is 12.5. The molecule has 0 amide bonds. The van der Waals surface area contributed by atoms with Gasteiger partial charge in [0.2, 0.25) is 0 Å². The van der Waals surface area contributed by atoms with Crippen LogP contribution in [0.5, 0.6) is 11.5 Å². The van der Waals surface area contributed by atoms with Gasteiger partial charge in [-0.25, -0.2) is 0 Å².